The summed E-state index contributed by atoms with van der Waals surface area (Å²) in [6.45, 7) is 0. The highest BCUT2D eigenvalue weighted by atomic mass is 127. The molecule has 0 amide bonds. The Labute approximate surface area is 114 Å². The summed E-state index contributed by atoms with van der Waals surface area (Å²) >= 11 is 0. The van der Waals surface area contributed by atoms with Gasteiger partial charge in [0.25, 0.3) is 0 Å². The predicted octanol–water partition coefficient (Wildman–Crippen LogP) is -0.594. The van der Waals surface area contributed by atoms with E-state index in [1.54, 1.807) is 0 Å². The quantitative estimate of drug-likeness (QED) is 0.497. The molecule has 0 saturated heterocycles. The number of ketones is 1. The van der Waals surface area contributed by atoms with Crippen LogP contribution in [0.15, 0.2) is 18.2 Å². The fourth-order valence-corrected chi connectivity index (χ4v) is 2.05. The zero-order chi connectivity index (χ0) is 11.1. The van der Waals surface area contributed by atoms with Crippen molar-refractivity contribution in [2.24, 2.45) is 0 Å². The molecule has 1 aliphatic carbocycles. The van der Waals surface area contributed by atoms with Gasteiger partial charge in [-0.2, -0.15) is 0 Å². The molecule has 0 fully saturated rings. The molecule has 1 aromatic carbocycles. The summed E-state index contributed by atoms with van der Waals surface area (Å²) in [7, 11) is 6.44. The van der Waals surface area contributed by atoms with Crippen molar-refractivity contribution in [1.29, 1.82) is 0 Å². The van der Waals surface area contributed by atoms with Gasteiger partial charge in [-0.05, 0) is 30.5 Å². The third-order valence-corrected chi connectivity index (χ3v) is 3.01. The van der Waals surface area contributed by atoms with Gasteiger partial charge in [-0.25, -0.2) is 0 Å². The minimum absolute atomic E-state index is 0. The first-order valence-corrected chi connectivity index (χ1v) is 5.46. The molecular weight excluding hydrogens is 313 g/mol. The highest BCUT2D eigenvalue weighted by Crippen LogP contribution is 2.27. The van der Waals surface area contributed by atoms with Crippen molar-refractivity contribution >= 4 is 11.5 Å². The van der Waals surface area contributed by atoms with Crippen LogP contribution in [-0.2, 0) is 6.42 Å². The number of carbonyl (C=O) groups is 1. The molecule has 0 atom stereocenters. The lowest BCUT2D eigenvalue weighted by Crippen LogP contribution is -3.00. The maximum atomic E-state index is 11.6. The van der Waals surface area contributed by atoms with Gasteiger partial charge in [0.15, 0.2) is 5.78 Å². The van der Waals surface area contributed by atoms with Crippen LogP contribution < -0.4 is 28.5 Å². The molecule has 1 aromatic rings. The Kier molecular flexibility index (Phi) is 4.12. The Morgan fingerprint density at radius 2 is 1.81 bits per heavy atom. The van der Waals surface area contributed by atoms with Gasteiger partial charge < -0.3 is 24.0 Å². The number of fused-ring (bicyclic) bond motifs is 1. The second-order valence-electron chi connectivity index (χ2n) is 5.13. The number of quaternary nitrogens is 1. The molecule has 0 unspecified atom stereocenters. The summed E-state index contributed by atoms with van der Waals surface area (Å²) < 4.78 is 0.807. The molecular formula is C13H18INO. The number of rotatable bonds is 1. The largest absolute Gasteiger partial charge is 1.00 e. The maximum absolute atomic E-state index is 11.6. The average Bonchev–Trinajstić information content (AvgIpc) is 2.16. The van der Waals surface area contributed by atoms with E-state index in [1.165, 1.54) is 11.3 Å². The lowest BCUT2D eigenvalue weighted by Gasteiger charge is -2.25. The van der Waals surface area contributed by atoms with Crippen LogP contribution in [0.2, 0.25) is 0 Å². The number of halogens is 1. The lowest BCUT2D eigenvalue weighted by molar-refractivity contribution is -0.0000115. The molecule has 0 bridgehead atoms. The minimum atomic E-state index is 0. The van der Waals surface area contributed by atoms with Crippen molar-refractivity contribution in [3.05, 3.63) is 29.3 Å². The summed E-state index contributed by atoms with van der Waals surface area (Å²) in [5.74, 6) is 0.309. The lowest BCUT2D eigenvalue weighted by atomic mass is 9.90. The first kappa shape index (κ1) is 13.6. The highest BCUT2D eigenvalue weighted by molar-refractivity contribution is 5.98. The molecule has 2 rings (SSSR count). The first-order valence-electron chi connectivity index (χ1n) is 5.46. The van der Waals surface area contributed by atoms with Crippen LogP contribution in [0.25, 0.3) is 0 Å². The van der Waals surface area contributed by atoms with Crippen LogP contribution in [0.4, 0.5) is 5.69 Å². The number of Topliss-reactive ketones (excluding diaryl/α,β-unsaturated/α-hetero) is 1. The zero-order valence-corrected chi connectivity index (χ0v) is 12.2. The minimum Gasteiger partial charge on any atom is -1.00 e. The molecule has 0 aliphatic heterocycles. The smallest absolute Gasteiger partial charge is 0.163 e. The topological polar surface area (TPSA) is 17.1 Å². The average molecular weight is 331 g/mol. The van der Waals surface area contributed by atoms with Gasteiger partial charge in [0.05, 0.1) is 21.1 Å². The van der Waals surface area contributed by atoms with Gasteiger partial charge in [-0.15, -0.1) is 0 Å². The summed E-state index contributed by atoms with van der Waals surface area (Å²) in [5, 5.41) is 0. The summed E-state index contributed by atoms with van der Waals surface area (Å²) in [6, 6.07) is 6.25. The third kappa shape index (κ3) is 2.63. The van der Waals surface area contributed by atoms with E-state index < -0.39 is 0 Å². The fraction of sp³-hybridized carbons (Fsp3) is 0.462. The third-order valence-electron chi connectivity index (χ3n) is 3.01. The Morgan fingerprint density at radius 1 is 1.12 bits per heavy atom. The predicted molar refractivity (Wildman–Crippen MR) is 63.3 cm³/mol. The molecule has 0 saturated carbocycles. The van der Waals surface area contributed by atoms with E-state index in [4.69, 9.17) is 0 Å². The Morgan fingerprint density at radius 3 is 2.44 bits per heavy atom. The van der Waals surface area contributed by atoms with Crippen LogP contribution in [0, 0.1) is 0 Å². The summed E-state index contributed by atoms with van der Waals surface area (Å²) in [5.41, 5.74) is 3.44. The van der Waals surface area contributed by atoms with Crippen molar-refractivity contribution in [2.45, 2.75) is 19.3 Å². The molecule has 3 heteroatoms. The molecule has 0 N–H and O–H groups in total. The Balaban J connectivity index is 0.00000128. The number of benzene rings is 1. The molecule has 0 spiro atoms. The van der Waals surface area contributed by atoms with E-state index in [1.807, 2.05) is 6.07 Å². The van der Waals surface area contributed by atoms with Gasteiger partial charge in [0.2, 0.25) is 0 Å². The molecule has 1 aliphatic rings. The molecule has 0 aromatic heterocycles. The molecule has 16 heavy (non-hydrogen) atoms. The van der Waals surface area contributed by atoms with Crippen LogP contribution in [0.1, 0.15) is 28.8 Å². The molecule has 0 heterocycles. The number of carbonyl (C=O) groups excluding carboxylic acids is 1. The molecule has 2 nitrogen and oxygen atoms in total. The van der Waals surface area contributed by atoms with Gasteiger partial charge in [-0.3, -0.25) is 9.28 Å². The van der Waals surface area contributed by atoms with Gasteiger partial charge in [-0.1, -0.05) is 0 Å². The van der Waals surface area contributed by atoms with Gasteiger partial charge in [0, 0.05) is 18.1 Å². The van der Waals surface area contributed by atoms with E-state index in [-0.39, 0.29) is 24.0 Å². The van der Waals surface area contributed by atoms with Crippen LogP contribution in [0.5, 0.6) is 0 Å². The van der Waals surface area contributed by atoms with Crippen LogP contribution in [0.3, 0.4) is 0 Å². The fourth-order valence-electron chi connectivity index (χ4n) is 2.05. The van der Waals surface area contributed by atoms with Crippen LogP contribution in [-0.4, -0.2) is 26.9 Å². The van der Waals surface area contributed by atoms with Crippen molar-refractivity contribution < 1.29 is 28.8 Å². The monoisotopic (exact) mass is 331 g/mol. The SMILES string of the molecule is C[N+](C)(C)c1ccc2c(c1)CCCC2=O.[I-]. The van der Waals surface area contributed by atoms with E-state index >= 15 is 0 Å². The summed E-state index contributed by atoms with van der Waals surface area (Å²) in [4.78, 5) is 11.6. The molecule has 0 radical (unpaired) electrons. The first-order chi connectivity index (χ1) is 6.98. The molecule has 88 valence electrons. The van der Waals surface area contributed by atoms with Crippen LogP contribution >= 0.6 is 0 Å². The van der Waals surface area contributed by atoms with Crippen molar-refractivity contribution in [3.63, 3.8) is 0 Å². The van der Waals surface area contributed by atoms with E-state index in [9.17, 15) is 4.79 Å². The van der Waals surface area contributed by atoms with E-state index in [2.05, 4.69) is 33.3 Å². The van der Waals surface area contributed by atoms with Crippen molar-refractivity contribution in [1.82, 2.24) is 4.48 Å². The second-order valence-corrected chi connectivity index (χ2v) is 5.13. The second kappa shape index (κ2) is 4.84. The number of aryl methyl sites for hydroxylation is 1. The Bertz CT molecular complexity index is 407. The Hall–Kier alpha value is -0.420. The number of nitrogens with zero attached hydrogens (tertiary/aromatic N) is 1. The van der Waals surface area contributed by atoms with Gasteiger partial charge in [0.1, 0.15) is 5.69 Å². The van der Waals surface area contributed by atoms with Gasteiger partial charge >= 0.3 is 0 Å². The number of hydrogen-bond donors (Lipinski definition) is 0. The van der Waals surface area contributed by atoms with Crippen molar-refractivity contribution in [3.8, 4) is 0 Å². The van der Waals surface area contributed by atoms with E-state index in [0.29, 0.717) is 5.78 Å². The normalized spacial score (nSPS) is 15.3. The maximum Gasteiger partial charge on any atom is 0.163 e. The zero-order valence-electron chi connectivity index (χ0n) is 10.1. The standard InChI is InChI=1S/C13H18NO.HI/c1-14(2,3)11-7-8-12-10(9-11)5-4-6-13(12)15;/h7-9H,4-6H2,1-3H3;1H/q+1;/p-1. The van der Waals surface area contributed by atoms with E-state index in [0.717, 1.165) is 29.3 Å². The summed E-state index contributed by atoms with van der Waals surface area (Å²) in [6.07, 6.45) is 2.78. The van der Waals surface area contributed by atoms with Crippen molar-refractivity contribution in [2.75, 3.05) is 21.1 Å². The number of hydrogen-bond acceptors (Lipinski definition) is 1. The highest BCUT2D eigenvalue weighted by Gasteiger charge is 2.20.